The number of hydrogen-bond donors (Lipinski definition) is 2. The minimum absolute atomic E-state index is 0. The van der Waals surface area contributed by atoms with E-state index in [2.05, 4.69) is 10.0 Å². The van der Waals surface area contributed by atoms with E-state index in [9.17, 15) is 21.6 Å². The molecular formula is C14H20ClF3N2O2S. The van der Waals surface area contributed by atoms with Crippen LogP contribution in [0.2, 0.25) is 0 Å². The molecule has 23 heavy (non-hydrogen) atoms. The van der Waals surface area contributed by atoms with Crippen LogP contribution in [0.15, 0.2) is 24.3 Å². The molecule has 0 aromatic heterocycles. The molecule has 9 heteroatoms. The average Bonchev–Trinajstić information content (AvgIpc) is 2.40. The predicted octanol–water partition coefficient (Wildman–Crippen LogP) is 2.54. The number of benzene rings is 1. The first-order valence-electron chi connectivity index (χ1n) is 7.05. The van der Waals surface area contributed by atoms with Crippen molar-refractivity contribution in [2.45, 2.75) is 31.3 Å². The minimum Gasteiger partial charge on any atom is -0.316 e. The second kappa shape index (κ2) is 7.83. The lowest BCUT2D eigenvalue weighted by Gasteiger charge is -2.30. The molecule has 0 aliphatic carbocycles. The van der Waals surface area contributed by atoms with E-state index in [0.29, 0.717) is 19.5 Å². The molecule has 4 nitrogen and oxygen atoms in total. The number of sulfonamides is 1. The van der Waals surface area contributed by atoms with Crippen LogP contribution in [0.5, 0.6) is 0 Å². The Morgan fingerprint density at radius 1 is 1.30 bits per heavy atom. The molecule has 1 heterocycles. The fourth-order valence-corrected chi connectivity index (χ4v) is 4.14. The highest BCUT2D eigenvalue weighted by Gasteiger charge is 2.34. The van der Waals surface area contributed by atoms with E-state index in [1.54, 1.807) is 0 Å². The van der Waals surface area contributed by atoms with Crippen LogP contribution in [0, 0.1) is 5.92 Å². The van der Waals surface area contributed by atoms with E-state index in [0.717, 1.165) is 6.07 Å². The van der Waals surface area contributed by atoms with E-state index in [1.165, 1.54) is 18.2 Å². The van der Waals surface area contributed by atoms with Gasteiger partial charge < -0.3 is 5.32 Å². The topological polar surface area (TPSA) is 58.2 Å². The van der Waals surface area contributed by atoms with Crippen molar-refractivity contribution in [1.82, 2.24) is 10.0 Å². The van der Waals surface area contributed by atoms with Gasteiger partial charge in [0.15, 0.2) is 0 Å². The summed E-state index contributed by atoms with van der Waals surface area (Å²) in [6, 6.07) is 4.52. The summed E-state index contributed by atoms with van der Waals surface area (Å²) in [6.07, 6.45) is -3.94. The first kappa shape index (κ1) is 20.2. The van der Waals surface area contributed by atoms with Crippen LogP contribution in [0.25, 0.3) is 0 Å². The van der Waals surface area contributed by atoms with Gasteiger partial charge in [0.05, 0.1) is 11.3 Å². The van der Waals surface area contributed by atoms with Gasteiger partial charge >= 0.3 is 6.18 Å². The number of alkyl halides is 3. The molecule has 0 saturated carbocycles. The maximum atomic E-state index is 12.9. The van der Waals surface area contributed by atoms with Gasteiger partial charge in [-0.15, -0.1) is 12.4 Å². The molecule has 0 radical (unpaired) electrons. The van der Waals surface area contributed by atoms with E-state index in [4.69, 9.17) is 0 Å². The molecule has 2 rings (SSSR count). The molecule has 1 aromatic carbocycles. The molecule has 0 amide bonds. The van der Waals surface area contributed by atoms with Gasteiger partial charge in [0.25, 0.3) is 0 Å². The van der Waals surface area contributed by atoms with Crippen LogP contribution in [-0.2, 0) is 22.0 Å². The zero-order valence-electron chi connectivity index (χ0n) is 12.6. The maximum Gasteiger partial charge on any atom is 0.416 e. The summed E-state index contributed by atoms with van der Waals surface area (Å²) in [7, 11) is -3.83. The summed E-state index contributed by atoms with van der Waals surface area (Å²) < 4.78 is 65.7. The zero-order chi connectivity index (χ0) is 16.4. The highest BCUT2D eigenvalue weighted by atomic mass is 35.5. The smallest absolute Gasteiger partial charge is 0.316 e. The van der Waals surface area contributed by atoms with Crippen molar-refractivity contribution in [1.29, 1.82) is 0 Å². The Kier molecular flexibility index (Phi) is 6.88. The van der Waals surface area contributed by atoms with Crippen molar-refractivity contribution in [3.8, 4) is 0 Å². The Morgan fingerprint density at radius 2 is 1.96 bits per heavy atom. The summed E-state index contributed by atoms with van der Waals surface area (Å²) in [5.41, 5.74) is -1.14. The fraction of sp³-hybridized carbons (Fsp3) is 0.571. The summed E-state index contributed by atoms with van der Waals surface area (Å²) in [5.74, 6) is -0.569. The van der Waals surface area contributed by atoms with Crippen LogP contribution >= 0.6 is 12.4 Å². The highest BCUT2D eigenvalue weighted by Crippen LogP contribution is 2.32. The lowest BCUT2D eigenvalue weighted by molar-refractivity contribution is -0.138. The molecule has 1 saturated heterocycles. The number of halogens is 4. The van der Waals surface area contributed by atoms with E-state index >= 15 is 0 Å². The highest BCUT2D eigenvalue weighted by molar-refractivity contribution is 7.88. The maximum absolute atomic E-state index is 12.9. The lowest BCUT2D eigenvalue weighted by atomic mass is 9.97. The van der Waals surface area contributed by atoms with Gasteiger partial charge in [-0.05, 0) is 37.1 Å². The average molecular weight is 373 g/mol. The van der Waals surface area contributed by atoms with Crippen LogP contribution in [0.4, 0.5) is 13.2 Å². The first-order valence-corrected chi connectivity index (χ1v) is 8.70. The van der Waals surface area contributed by atoms with Gasteiger partial charge in [-0.3, -0.25) is 0 Å². The lowest BCUT2D eigenvalue weighted by Crippen LogP contribution is -2.48. The molecule has 1 fully saturated rings. The van der Waals surface area contributed by atoms with E-state index < -0.39 is 27.5 Å². The van der Waals surface area contributed by atoms with E-state index in [-0.39, 0.29) is 29.9 Å². The third-order valence-electron chi connectivity index (χ3n) is 3.78. The molecule has 2 N–H and O–H groups in total. The van der Waals surface area contributed by atoms with Crippen molar-refractivity contribution in [2.24, 2.45) is 5.92 Å². The van der Waals surface area contributed by atoms with Gasteiger partial charge in [-0.2, -0.15) is 13.2 Å². The Bertz CT molecular complexity index is 623. The van der Waals surface area contributed by atoms with Crippen molar-refractivity contribution in [3.63, 3.8) is 0 Å². The summed E-state index contributed by atoms with van der Waals surface area (Å²) in [5, 5.41) is 3.15. The second-order valence-corrected chi connectivity index (χ2v) is 7.36. The zero-order valence-corrected chi connectivity index (χ0v) is 14.2. The summed E-state index contributed by atoms with van der Waals surface area (Å²) >= 11 is 0. The minimum atomic E-state index is -4.56. The van der Waals surface area contributed by atoms with Crippen LogP contribution in [0.3, 0.4) is 0 Å². The van der Waals surface area contributed by atoms with E-state index in [1.807, 2.05) is 6.92 Å². The molecule has 1 aliphatic heterocycles. The normalized spacial score (nSPS) is 22.4. The monoisotopic (exact) mass is 372 g/mol. The quantitative estimate of drug-likeness (QED) is 0.854. The molecule has 2 unspecified atom stereocenters. The van der Waals surface area contributed by atoms with Gasteiger partial charge in [0.1, 0.15) is 0 Å². The van der Waals surface area contributed by atoms with Gasteiger partial charge in [-0.25, -0.2) is 13.1 Å². The number of nitrogens with one attached hydrogen (secondary N) is 2. The second-order valence-electron chi connectivity index (χ2n) is 5.61. The number of hydrogen-bond acceptors (Lipinski definition) is 3. The molecule has 0 bridgehead atoms. The Hall–Kier alpha value is -0.830. The van der Waals surface area contributed by atoms with Crippen molar-refractivity contribution < 1.29 is 21.6 Å². The van der Waals surface area contributed by atoms with Gasteiger partial charge in [0, 0.05) is 6.04 Å². The Labute approximate surface area is 140 Å². The van der Waals surface area contributed by atoms with Gasteiger partial charge in [-0.1, -0.05) is 25.1 Å². The molecule has 1 aromatic rings. The van der Waals surface area contributed by atoms with Crippen molar-refractivity contribution in [3.05, 3.63) is 35.4 Å². The number of rotatable bonds is 4. The fourth-order valence-electron chi connectivity index (χ4n) is 2.59. The SMILES string of the molecule is CC1CNCCC1NS(=O)(=O)Cc1ccccc1C(F)(F)F.Cl. The van der Waals surface area contributed by atoms with Crippen molar-refractivity contribution >= 4 is 22.4 Å². The van der Waals surface area contributed by atoms with Crippen LogP contribution in [0.1, 0.15) is 24.5 Å². The van der Waals surface area contributed by atoms with Crippen LogP contribution in [-0.4, -0.2) is 27.5 Å². The molecule has 132 valence electrons. The standard InChI is InChI=1S/C14H19F3N2O2S.ClH/c1-10-8-18-7-6-13(10)19-22(20,21)9-11-4-2-3-5-12(11)14(15,16)17;/h2-5,10,13,18-19H,6-9H2,1H3;1H. The summed E-state index contributed by atoms with van der Waals surface area (Å²) in [4.78, 5) is 0. The van der Waals surface area contributed by atoms with Crippen LogP contribution < -0.4 is 10.0 Å². The largest absolute Gasteiger partial charge is 0.416 e. The molecule has 0 spiro atoms. The van der Waals surface area contributed by atoms with Crippen molar-refractivity contribution in [2.75, 3.05) is 13.1 Å². The Balaban J connectivity index is 0.00000264. The molecule has 1 aliphatic rings. The first-order chi connectivity index (χ1) is 10.2. The molecular weight excluding hydrogens is 353 g/mol. The predicted molar refractivity (Wildman–Crippen MR) is 84.9 cm³/mol. The van der Waals surface area contributed by atoms with Gasteiger partial charge in [0.2, 0.25) is 10.0 Å². The third kappa shape index (κ3) is 5.63. The molecule has 2 atom stereocenters. The Morgan fingerprint density at radius 3 is 2.57 bits per heavy atom. The summed E-state index contributed by atoms with van der Waals surface area (Å²) in [6.45, 7) is 3.28. The third-order valence-corrected chi connectivity index (χ3v) is 5.14. The number of piperidine rings is 1.